The van der Waals surface area contributed by atoms with E-state index in [0.29, 0.717) is 34.8 Å². The molecule has 0 fully saturated rings. The van der Waals surface area contributed by atoms with Crippen LogP contribution in [0.5, 0.6) is 0 Å². The largest absolute Gasteiger partial charge is 0.338 e. The summed E-state index contributed by atoms with van der Waals surface area (Å²) in [6, 6.07) is 5.57. The van der Waals surface area contributed by atoms with Crippen LogP contribution in [0, 0.1) is 0 Å². The molecule has 0 aliphatic carbocycles. The first kappa shape index (κ1) is 17.2. The van der Waals surface area contributed by atoms with Gasteiger partial charge >= 0.3 is 0 Å². The minimum absolute atomic E-state index is 0. The van der Waals surface area contributed by atoms with Crippen LogP contribution in [0.1, 0.15) is 17.3 Å². The Bertz CT molecular complexity index is 561. The van der Waals surface area contributed by atoms with Crippen molar-refractivity contribution in [2.75, 3.05) is 7.05 Å². The Hall–Kier alpha value is -0.850. The van der Waals surface area contributed by atoms with Crippen LogP contribution in [0.15, 0.2) is 22.7 Å². The molecule has 5 nitrogen and oxygen atoms in total. The minimum Gasteiger partial charge on any atom is -0.338 e. The maximum absolute atomic E-state index is 5.98. The Morgan fingerprint density at radius 2 is 2.00 bits per heavy atom. The van der Waals surface area contributed by atoms with E-state index in [2.05, 4.69) is 10.1 Å². The Morgan fingerprint density at radius 3 is 2.60 bits per heavy atom. The van der Waals surface area contributed by atoms with E-state index in [0.717, 1.165) is 5.56 Å². The maximum atomic E-state index is 5.98. The van der Waals surface area contributed by atoms with E-state index in [-0.39, 0.29) is 19.0 Å². The maximum Gasteiger partial charge on any atom is 0.240 e. The molecule has 1 aromatic carbocycles. The van der Waals surface area contributed by atoms with Crippen LogP contribution < -0.4 is 5.73 Å². The van der Waals surface area contributed by atoms with Crippen molar-refractivity contribution in [2.24, 2.45) is 5.73 Å². The summed E-state index contributed by atoms with van der Waals surface area (Å²) in [6.07, 6.45) is 0. The summed E-state index contributed by atoms with van der Waals surface area (Å²) in [4.78, 5) is 6.20. The van der Waals surface area contributed by atoms with Crippen molar-refractivity contribution >= 4 is 35.6 Å². The molecule has 8 heteroatoms. The summed E-state index contributed by atoms with van der Waals surface area (Å²) in [6.45, 7) is 1.54. The molecule has 0 bridgehead atoms. The molecule has 2 rings (SSSR count). The van der Waals surface area contributed by atoms with Crippen LogP contribution >= 0.6 is 35.6 Å². The molecule has 20 heavy (non-hydrogen) atoms. The fourth-order valence-electron chi connectivity index (χ4n) is 1.68. The molecule has 0 amide bonds. The SMILES string of the molecule is CN(Cc1ccc(Cl)c(Cl)c1)Cc1noc(CN)n1.Cl. The third-order valence-electron chi connectivity index (χ3n) is 2.53. The molecule has 0 spiro atoms. The smallest absolute Gasteiger partial charge is 0.240 e. The Kier molecular flexibility index (Phi) is 6.71. The second-order valence-electron chi connectivity index (χ2n) is 4.23. The molecular formula is C12H15Cl3N4O. The average molecular weight is 338 g/mol. The number of benzene rings is 1. The number of hydrogen-bond acceptors (Lipinski definition) is 5. The van der Waals surface area contributed by atoms with Crippen molar-refractivity contribution in [3.63, 3.8) is 0 Å². The first-order chi connectivity index (χ1) is 9.08. The molecule has 0 radical (unpaired) electrons. The summed E-state index contributed by atoms with van der Waals surface area (Å²) in [5.74, 6) is 1.06. The van der Waals surface area contributed by atoms with Gasteiger partial charge in [0.15, 0.2) is 5.82 Å². The lowest BCUT2D eigenvalue weighted by Crippen LogP contribution is -2.18. The zero-order valence-electron chi connectivity index (χ0n) is 10.8. The van der Waals surface area contributed by atoms with Gasteiger partial charge in [-0.3, -0.25) is 4.90 Å². The minimum atomic E-state index is 0. The van der Waals surface area contributed by atoms with Crippen molar-refractivity contribution < 1.29 is 4.52 Å². The number of halogens is 3. The van der Waals surface area contributed by atoms with Crippen LogP contribution in [0.2, 0.25) is 10.0 Å². The van der Waals surface area contributed by atoms with Gasteiger partial charge in [-0.2, -0.15) is 4.98 Å². The summed E-state index contributed by atoms with van der Waals surface area (Å²) in [5.41, 5.74) is 6.48. The Balaban J connectivity index is 0.00000200. The summed E-state index contributed by atoms with van der Waals surface area (Å²) in [5, 5.41) is 4.95. The first-order valence-electron chi connectivity index (χ1n) is 5.72. The van der Waals surface area contributed by atoms with Crippen LogP contribution in [-0.4, -0.2) is 22.1 Å². The summed E-state index contributed by atoms with van der Waals surface area (Å²) >= 11 is 11.9. The van der Waals surface area contributed by atoms with Gasteiger partial charge in [0.25, 0.3) is 0 Å². The summed E-state index contributed by atoms with van der Waals surface area (Å²) in [7, 11) is 1.96. The predicted octanol–water partition coefficient (Wildman–Crippen LogP) is 2.89. The van der Waals surface area contributed by atoms with Gasteiger partial charge in [-0.05, 0) is 24.7 Å². The normalized spacial score (nSPS) is 10.7. The molecule has 0 saturated heterocycles. The molecule has 2 N–H and O–H groups in total. The van der Waals surface area contributed by atoms with Gasteiger partial charge in [0, 0.05) is 6.54 Å². The topological polar surface area (TPSA) is 68.2 Å². The highest BCUT2D eigenvalue weighted by molar-refractivity contribution is 6.42. The number of nitrogens with two attached hydrogens (primary N) is 1. The van der Waals surface area contributed by atoms with Crippen LogP contribution in [0.3, 0.4) is 0 Å². The van der Waals surface area contributed by atoms with Gasteiger partial charge in [-0.25, -0.2) is 0 Å². The summed E-state index contributed by atoms with van der Waals surface area (Å²) < 4.78 is 4.95. The van der Waals surface area contributed by atoms with Gasteiger partial charge < -0.3 is 10.3 Å². The van der Waals surface area contributed by atoms with E-state index >= 15 is 0 Å². The van der Waals surface area contributed by atoms with Crippen molar-refractivity contribution in [2.45, 2.75) is 19.6 Å². The van der Waals surface area contributed by atoms with Crippen LogP contribution in [0.4, 0.5) is 0 Å². The zero-order valence-corrected chi connectivity index (χ0v) is 13.2. The molecule has 0 atom stereocenters. The molecule has 0 aliphatic rings. The van der Waals surface area contributed by atoms with Crippen molar-refractivity contribution in [1.29, 1.82) is 0 Å². The highest BCUT2D eigenvalue weighted by Crippen LogP contribution is 2.23. The first-order valence-corrected chi connectivity index (χ1v) is 6.48. The lowest BCUT2D eigenvalue weighted by Gasteiger charge is -2.14. The predicted molar refractivity (Wildman–Crippen MR) is 81.1 cm³/mol. The zero-order chi connectivity index (χ0) is 13.8. The lowest BCUT2D eigenvalue weighted by molar-refractivity contribution is 0.300. The van der Waals surface area contributed by atoms with E-state index in [4.69, 9.17) is 33.5 Å². The standard InChI is InChI=1S/C12H14Cl2N4O.ClH/c1-18(7-11-16-12(5-15)19-17-11)6-8-2-3-9(13)10(14)4-8;/h2-4H,5-7,15H2,1H3;1H. The van der Waals surface area contributed by atoms with Gasteiger partial charge in [0.2, 0.25) is 5.89 Å². The molecular weight excluding hydrogens is 323 g/mol. The molecule has 0 aliphatic heterocycles. The van der Waals surface area contributed by atoms with E-state index in [9.17, 15) is 0 Å². The number of aromatic nitrogens is 2. The molecule has 110 valence electrons. The van der Waals surface area contributed by atoms with Crippen LogP contribution in [-0.2, 0) is 19.6 Å². The number of rotatable bonds is 5. The highest BCUT2D eigenvalue weighted by atomic mass is 35.5. The third kappa shape index (κ3) is 4.61. The molecule has 2 aromatic rings. The fraction of sp³-hybridized carbons (Fsp3) is 0.333. The Morgan fingerprint density at radius 1 is 1.25 bits per heavy atom. The van der Waals surface area contributed by atoms with Gasteiger partial charge in [-0.1, -0.05) is 34.4 Å². The quantitative estimate of drug-likeness (QED) is 0.908. The monoisotopic (exact) mass is 336 g/mol. The number of hydrogen-bond donors (Lipinski definition) is 1. The van der Waals surface area contributed by atoms with E-state index in [1.54, 1.807) is 6.07 Å². The van der Waals surface area contributed by atoms with Crippen molar-refractivity contribution in [1.82, 2.24) is 15.0 Å². The van der Waals surface area contributed by atoms with Gasteiger partial charge in [-0.15, -0.1) is 12.4 Å². The van der Waals surface area contributed by atoms with Crippen LogP contribution in [0.25, 0.3) is 0 Å². The molecule has 1 aromatic heterocycles. The molecule has 0 saturated carbocycles. The van der Waals surface area contributed by atoms with Crippen molar-refractivity contribution in [3.8, 4) is 0 Å². The second kappa shape index (κ2) is 7.81. The third-order valence-corrected chi connectivity index (χ3v) is 3.27. The van der Waals surface area contributed by atoms with E-state index in [1.807, 2.05) is 24.1 Å². The van der Waals surface area contributed by atoms with E-state index < -0.39 is 0 Å². The lowest BCUT2D eigenvalue weighted by atomic mass is 10.2. The van der Waals surface area contributed by atoms with E-state index in [1.165, 1.54) is 0 Å². The highest BCUT2D eigenvalue weighted by Gasteiger charge is 2.09. The Labute approximate surface area is 133 Å². The molecule has 0 unspecified atom stereocenters. The fourth-order valence-corrected chi connectivity index (χ4v) is 2.00. The van der Waals surface area contributed by atoms with Crippen molar-refractivity contribution in [3.05, 3.63) is 45.5 Å². The second-order valence-corrected chi connectivity index (χ2v) is 5.04. The average Bonchev–Trinajstić information content (AvgIpc) is 2.81. The van der Waals surface area contributed by atoms with Gasteiger partial charge in [0.05, 0.1) is 23.1 Å². The molecule has 1 heterocycles. The number of nitrogens with zero attached hydrogens (tertiary/aromatic N) is 3. The van der Waals surface area contributed by atoms with Gasteiger partial charge in [0.1, 0.15) is 0 Å².